The van der Waals surface area contributed by atoms with Crippen LogP contribution in [0.3, 0.4) is 0 Å². The summed E-state index contributed by atoms with van der Waals surface area (Å²) in [5, 5.41) is 14.4. The maximum absolute atomic E-state index is 15.1. The Bertz CT molecular complexity index is 1500. The first-order chi connectivity index (χ1) is 17.9. The van der Waals surface area contributed by atoms with Crippen LogP contribution in [0.2, 0.25) is 5.02 Å². The molecule has 10 heteroatoms. The Kier molecular flexibility index (Phi) is 8.89. The van der Waals surface area contributed by atoms with Gasteiger partial charge in [-0.05, 0) is 51.8 Å². The zero-order valence-corrected chi connectivity index (χ0v) is 22.3. The van der Waals surface area contributed by atoms with Crippen LogP contribution in [0.25, 0.3) is 22.0 Å². The highest BCUT2D eigenvalue weighted by Crippen LogP contribution is 2.38. The van der Waals surface area contributed by atoms with E-state index in [1.54, 1.807) is 32.9 Å². The van der Waals surface area contributed by atoms with Crippen LogP contribution in [0.15, 0.2) is 42.7 Å². The molecule has 2 aromatic heterocycles. The van der Waals surface area contributed by atoms with Gasteiger partial charge in [-0.3, -0.25) is 4.98 Å². The molecule has 0 aliphatic rings. The number of anilines is 1. The highest BCUT2D eigenvalue weighted by Gasteiger charge is 2.21. The monoisotopic (exact) mass is 540 g/mol. The third-order valence-electron chi connectivity index (χ3n) is 5.99. The number of nitrogens with one attached hydrogen (secondary N) is 1. The lowest BCUT2D eigenvalue weighted by Gasteiger charge is -2.21. The fraction of sp³-hybridized carbons (Fsp3) is 0.286. The average Bonchev–Trinajstić information content (AvgIpc) is 2.87. The van der Waals surface area contributed by atoms with Gasteiger partial charge in [-0.2, -0.15) is 9.59 Å². The lowest BCUT2D eigenvalue weighted by atomic mass is 10.0. The summed E-state index contributed by atoms with van der Waals surface area (Å²) < 4.78 is 29.8. The Morgan fingerprint density at radius 2 is 1.74 bits per heavy atom. The van der Waals surface area contributed by atoms with Gasteiger partial charge in [-0.1, -0.05) is 30.7 Å². The first-order valence-electron chi connectivity index (χ1n) is 11.8. The normalized spacial score (nSPS) is 11.9. The van der Waals surface area contributed by atoms with Gasteiger partial charge < -0.3 is 10.4 Å². The number of fused-ring (bicyclic) bond motifs is 1. The van der Waals surface area contributed by atoms with E-state index >= 15 is 4.39 Å². The molecule has 0 spiro atoms. The maximum atomic E-state index is 15.1. The summed E-state index contributed by atoms with van der Waals surface area (Å²) in [6.07, 6.45) is 3.97. The van der Waals surface area contributed by atoms with Gasteiger partial charge in [-0.25, -0.2) is 18.7 Å². The quantitative estimate of drug-likeness (QED) is 0.295. The number of aliphatic hydroxyl groups is 1. The first kappa shape index (κ1) is 28.8. The SMILES string of the molecule is CCc1ccc(F)c([C@@H](C)Nc2c(Cl)c(C)nc3cc(F)c(-c4cnc(C(C)(C)O)nc4)cc23)c1.O=C=O. The molecule has 0 aliphatic heterocycles. The molecule has 0 fully saturated rings. The minimum absolute atomic E-state index is 0.232. The van der Waals surface area contributed by atoms with E-state index in [9.17, 15) is 9.50 Å². The largest absolute Gasteiger partial charge is 0.382 e. The molecule has 0 radical (unpaired) electrons. The van der Waals surface area contributed by atoms with Crippen molar-refractivity contribution in [3.63, 3.8) is 0 Å². The van der Waals surface area contributed by atoms with E-state index in [0.717, 1.165) is 12.0 Å². The zero-order chi connectivity index (χ0) is 28.2. The lowest BCUT2D eigenvalue weighted by Crippen LogP contribution is -2.19. The average molecular weight is 541 g/mol. The number of aryl methyl sites for hydroxylation is 2. The number of halogens is 3. The van der Waals surface area contributed by atoms with Crippen LogP contribution in [0.4, 0.5) is 14.5 Å². The minimum Gasteiger partial charge on any atom is -0.382 e. The number of nitrogens with zero attached hydrogens (tertiary/aromatic N) is 3. The van der Waals surface area contributed by atoms with Crippen molar-refractivity contribution >= 4 is 34.3 Å². The molecule has 7 nitrogen and oxygen atoms in total. The van der Waals surface area contributed by atoms with E-state index in [-0.39, 0.29) is 23.4 Å². The Hall–Kier alpha value is -3.78. The molecule has 38 heavy (non-hydrogen) atoms. The van der Waals surface area contributed by atoms with E-state index in [4.69, 9.17) is 21.2 Å². The van der Waals surface area contributed by atoms with Gasteiger partial charge in [-0.15, -0.1) is 0 Å². The van der Waals surface area contributed by atoms with Crippen molar-refractivity contribution in [2.45, 2.75) is 52.7 Å². The molecule has 4 rings (SSSR count). The summed E-state index contributed by atoms with van der Waals surface area (Å²) in [4.78, 5) is 29.1. The number of aromatic nitrogens is 3. The van der Waals surface area contributed by atoms with E-state index < -0.39 is 17.5 Å². The summed E-state index contributed by atoms with van der Waals surface area (Å²) in [5.74, 6) is -0.577. The molecular weight excluding hydrogens is 514 g/mol. The Morgan fingerprint density at radius 1 is 1.11 bits per heavy atom. The van der Waals surface area contributed by atoms with Crippen LogP contribution in [0, 0.1) is 18.6 Å². The molecule has 0 saturated carbocycles. The molecule has 2 aromatic carbocycles. The van der Waals surface area contributed by atoms with Gasteiger partial charge >= 0.3 is 6.15 Å². The third kappa shape index (κ3) is 6.19. The summed E-state index contributed by atoms with van der Waals surface area (Å²) >= 11 is 6.65. The van der Waals surface area contributed by atoms with Crippen molar-refractivity contribution in [2.75, 3.05) is 5.32 Å². The summed E-state index contributed by atoms with van der Waals surface area (Å²) in [5.41, 5.74) is 2.51. The molecule has 0 amide bonds. The second-order valence-corrected chi connectivity index (χ2v) is 9.63. The van der Waals surface area contributed by atoms with Crippen molar-refractivity contribution in [2.24, 2.45) is 0 Å². The highest BCUT2D eigenvalue weighted by molar-refractivity contribution is 6.35. The Balaban J connectivity index is 0.00000127. The second kappa shape index (κ2) is 11.7. The van der Waals surface area contributed by atoms with E-state index in [1.807, 2.05) is 19.9 Å². The van der Waals surface area contributed by atoms with Gasteiger partial charge in [0.25, 0.3) is 0 Å². The van der Waals surface area contributed by atoms with E-state index in [1.165, 1.54) is 24.5 Å². The van der Waals surface area contributed by atoms with Crippen LogP contribution >= 0.6 is 11.6 Å². The van der Waals surface area contributed by atoms with Gasteiger partial charge in [0.15, 0.2) is 5.82 Å². The Morgan fingerprint density at radius 3 is 2.32 bits per heavy atom. The van der Waals surface area contributed by atoms with Crippen LogP contribution in [0.1, 0.15) is 56.4 Å². The van der Waals surface area contributed by atoms with Gasteiger partial charge in [0, 0.05) is 40.5 Å². The van der Waals surface area contributed by atoms with Gasteiger partial charge in [0.1, 0.15) is 17.2 Å². The number of pyridine rings is 1. The lowest BCUT2D eigenvalue weighted by molar-refractivity contribution is -0.191. The Labute approximate surface area is 223 Å². The van der Waals surface area contributed by atoms with Crippen molar-refractivity contribution in [3.05, 3.63) is 82.0 Å². The van der Waals surface area contributed by atoms with Crippen LogP contribution < -0.4 is 5.32 Å². The number of carbonyl (C=O) groups excluding carboxylic acids is 2. The van der Waals surface area contributed by atoms with E-state index in [2.05, 4.69) is 20.3 Å². The smallest absolute Gasteiger partial charge is 0.373 e. The topological polar surface area (TPSA) is 105 Å². The zero-order valence-electron chi connectivity index (χ0n) is 21.6. The number of hydrogen-bond donors (Lipinski definition) is 2. The first-order valence-corrected chi connectivity index (χ1v) is 12.2. The summed E-state index contributed by atoms with van der Waals surface area (Å²) in [6, 6.07) is 7.64. The van der Waals surface area contributed by atoms with Crippen molar-refractivity contribution < 1.29 is 23.5 Å². The van der Waals surface area contributed by atoms with Crippen LogP contribution in [-0.4, -0.2) is 26.2 Å². The fourth-order valence-corrected chi connectivity index (χ4v) is 4.17. The standard InChI is InChI=1S/C27H27ClF2N4O.CO2/c1-6-16-7-8-21(29)18(9-16)14(2)34-25-20-10-19(17-12-31-26(32-13-17)27(4,5)35)22(30)11-23(20)33-15(3)24(25)28;2-1-3/h7-14,35H,6H2,1-5H3,(H,33,34);/t14-;/m1./s1. The summed E-state index contributed by atoms with van der Waals surface area (Å²) in [7, 11) is 0. The van der Waals surface area contributed by atoms with Crippen LogP contribution in [0.5, 0.6) is 0 Å². The van der Waals surface area contributed by atoms with Gasteiger partial charge in [0.05, 0.1) is 28.0 Å². The second-order valence-electron chi connectivity index (χ2n) is 9.25. The molecule has 2 N–H and O–H groups in total. The molecule has 0 saturated heterocycles. The van der Waals surface area contributed by atoms with Crippen molar-refractivity contribution in [1.82, 2.24) is 15.0 Å². The minimum atomic E-state index is -1.22. The molecule has 4 aromatic rings. The number of rotatable bonds is 6. The predicted octanol–water partition coefficient (Wildman–Crippen LogP) is 6.31. The third-order valence-corrected chi connectivity index (χ3v) is 6.45. The number of benzene rings is 2. The van der Waals surface area contributed by atoms with Crippen LogP contribution in [-0.2, 0) is 21.6 Å². The van der Waals surface area contributed by atoms with Crippen molar-refractivity contribution in [1.29, 1.82) is 0 Å². The fourth-order valence-electron chi connectivity index (χ4n) is 3.97. The highest BCUT2D eigenvalue weighted by atomic mass is 35.5. The molecule has 1 atom stereocenters. The summed E-state index contributed by atoms with van der Waals surface area (Å²) in [6.45, 7) is 8.76. The van der Waals surface area contributed by atoms with E-state index in [0.29, 0.717) is 38.4 Å². The number of hydrogen-bond acceptors (Lipinski definition) is 7. The molecule has 0 aliphatic carbocycles. The van der Waals surface area contributed by atoms with Gasteiger partial charge in [0.2, 0.25) is 0 Å². The molecule has 2 heterocycles. The molecular formula is C28H27ClF2N4O3. The molecule has 0 unspecified atom stereocenters. The van der Waals surface area contributed by atoms with Crippen molar-refractivity contribution in [3.8, 4) is 11.1 Å². The predicted molar refractivity (Wildman–Crippen MR) is 141 cm³/mol. The molecule has 198 valence electrons. The maximum Gasteiger partial charge on any atom is 0.373 e. The molecule has 0 bridgehead atoms.